The molecule has 1 aliphatic rings. The lowest BCUT2D eigenvalue weighted by molar-refractivity contribution is -0.137. The number of carbonyl (C=O) groups excluding carboxylic acids is 1. The second-order valence-electron chi connectivity index (χ2n) is 6.56. The molecule has 2 heterocycles. The number of aromatic nitrogens is 1. The van der Waals surface area contributed by atoms with Gasteiger partial charge in [0.25, 0.3) is 5.91 Å². The molecule has 1 amide bonds. The summed E-state index contributed by atoms with van der Waals surface area (Å²) in [6.07, 6.45) is 0.473. The van der Waals surface area contributed by atoms with Crippen molar-refractivity contribution in [2.24, 2.45) is 0 Å². The molecule has 0 saturated carbocycles. The molecular weight excluding hydrogens is 354 g/mol. The summed E-state index contributed by atoms with van der Waals surface area (Å²) in [5, 5.41) is 10.1. The van der Waals surface area contributed by atoms with Gasteiger partial charge in [0.1, 0.15) is 18.2 Å². The van der Waals surface area contributed by atoms with Crippen LogP contribution in [0.5, 0.6) is 0 Å². The summed E-state index contributed by atoms with van der Waals surface area (Å²) in [6, 6.07) is 10.2. The Morgan fingerprint density at radius 1 is 1.07 bits per heavy atom. The zero-order valence-corrected chi connectivity index (χ0v) is 14.3. The zero-order valence-electron chi connectivity index (χ0n) is 14.3. The van der Waals surface area contributed by atoms with E-state index in [9.17, 15) is 23.5 Å². The molecule has 2 aromatic carbocycles. The van der Waals surface area contributed by atoms with Crippen molar-refractivity contribution in [1.82, 2.24) is 9.47 Å². The molecule has 1 aromatic heterocycles. The fourth-order valence-corrected chi connectivity index (χ4v) is 3.75. The molecule has 0 bridgehead atoms. The third kappa shape index (κ3) is 3.05. The number of para-hydroxylation sites is 1. The number of nitrogens with zero attached hydrogens (tertiary/aromatic N) is 2. The molecule has 0 radical (unpaired) electrons. The summed E-state index contributed by atoms with van der Waals surface area (Å²) >= 11 is 0. The van der Waals surface area contributed by atoms with Crippen LogP contribution in [0.1, 0.15) is 21.6 Å². The second-order valence-corrected chi connectivity index (χ2v) is 6.56. The first-order valence-corrected chi connectivity index (χ1v) is 8.50. The number of carboxylic acid groups (broad SMARTS) is 1. The smallest absolute Gasteiger partial charge is 0.323 e. The molecule has 27 heavy (non-hydrogen) atoms. The van der Waals surface area contributed by atoms with Crippen molar-refractivity contribution in [2.75, 3.05) is 6.54 Å². The fraction of sp³-hybridized carbons (Fsp3) is 0.200. The normalized spacial score (nSPS) is 13.6. The van der Waals surface area contributed by atoms with Crippen molar-refractivity contribution in [3.8, 4) is 0 Å². The SMILES string of the molecule is O=C(O)Cn1c2c(c3ccccc31)CN(C(=O)c1cc(F)cc(F)c1)CC2. The van der Waals surface area contributed by atoms with Gasteiger partial charge >= 0.3 is 5.97 Å². The summed E-state index contributed by atoms with van der Waals surface area (Å²) in [5.74, 6) is -2.98. The molecule has 1 N–H and O–H groups in total. The van der Waals surface area contributed by atoms with Crippen LogP contribution in [-0.2, 0) is 24.3 Å². The van der Waals surface area contributed by atoms with Crippen LogP contribution >= 0.6 is 0 Å². The molecule has 0 saturated heterocycles. The van der Waals surface area contributed by atoms with Gasteiger partial charge in [0, 0.05) is 53.3 Å². The minimum atomic E-state index is -0.938. The highest BCUT2D eigenvalue weighted by atomic mass is 19.1. The average Bonchev–Trinajstić information content (AvgIpc) is 2.93. The van der Waals surface area contributed by atoms with E-state index in [-0.39, 0.29) is 18.7 Å². The van der Waals surface area contributed by atoms with Crippen LogP contribution in [0.2, 0.25) is 0 Å². The van der Waals surface area contributed by atoms with Crippen molar-refractivity contribution in [3.05, 3.63) is 70.9 Å². The molecular formula is C20H16F2N2O3. The predicted octanol–water partition coefficient (Wildman–Crippen LogP) is 3.20. The van der Waals surface area contributed by atoms with Crippen molar-refractivity contribution >= 4 is 22.8 Å². The molecule has 0 spiro atoms. The highest BCUT2D eigenvalue weighted by Crippen LogP contribution is 2.31. The van der Waals surface area contributed by atoms with Gasteiger partial charge < -0.3 is 14.6 Å². The van der Waals surface area contributed by atoms with Crippen LogP contribution in [0.4, 0.5) is 8.78 Å². The number of carboxylic acids is 1. The van der Waals surface area contributed by atoms with Crippen molar-refractivity contribution in [2.45, 2.75) is 19.5 Å². The first-order valence-electron chi connectivity index (χ1n) is 8.50. The van der Waals surface area contributed by atoms with Crippen LogP contribution in [0.25, 0.3) is 10.9 Å². The highest BCUT2D eigenvalue weighted by Gasteiger charge is 2.28. The van der Waals surface area contributed by atoms with Gasteiger partial charge in [-0.2, -0.15) is 0 Å². The van der Waals surface area contributed by atoms with Gasteiger partial charge in [-0.1, -0.05) is 18.2 Å². The lowest BCUT2D eigenvalue weighted by Crippen LogP contribution is -2.36. The highest BCUT2D eigenvalue weighted by molar-refractivity contribution is 5.95. The molecule has 0 unspecified atom stereocenters. The first kappa shape index (κ1) is 17.2. The lowest BCUT2D eigenvalue weighted by atomic mass is 10.0. The largest absolute Gasteiger partial charge is 0.480 e. The maximum atomic E-state index is 13.5. The molecule has 0 fully saturated rings. The molecule has 7 heteroatoms. The third-order valence-corrected chi connectivity index (χ3v) is 4.85. The van der Waals surface area contributed by atoms with Gasteiger partial charge in [-0.15, -0.1) is 0 Å². The van der Waals surface area contributed by atoms with Gasteiger partial charge in [-0.3, -0.25) is 9.59 Å². The van der Waals surface area contributed by atoms with Crippen LogP contribution in [0.3, 0.4) is 0 Å². The number of rotatable bonds is 3. The number of halogens is 2. The number of hydrogen-bond acceptors (Lipinski definition) is 2. The monoisotopic (exact) mass is 370 g/mol. The van der Waals surface area contributed by atoms with E-state index in [4.69, 9.17) is 0 Å². The van der Waals surface area contributed by atoms with Gasteiger partial charge in [0.05, 0.1) is 0 Å². The summed E-state index contributed by atoms with van der Waals surface area (Å²) < 4.78 is 28.7. The molecule has 138 valence electrons. The van der Waals surface area contributed by atoms with Gasteiger partial charge in [-0.05, 0) is 18.2 Å². The van der Waals surface area contributed by atoms with E-state index < -0.39 is 23.5 Å². The zero-order chi connectivity index (χ0) is 19.1. The van der Waals surface area contributed by atoms with Crippen molar-refractivity contribution in [3.63, 3.8) is 0 Å². The van der Waals surface area contributed by atoms with E-state index in [2.05, 4.69) is 0 Å². The Bertz CT molecular complexity index is 1050. The number of amides is 1. The molecule has 0 aliphatic carbocycles. The maximum absolute atomic E-state index is 13.5. The number of fused-ring (bicyclic) bond motifs is 3. The Morgan fingerprint density at radius 2 is 1.78 bits per heavy atom. The fourth-order valence-electron chi connectivity index (χ4n) is 3.75. The Balaban J connectivity index is 1.73. The van der Waals surface area contributed by atoms with Crippen LogP contribution < -0.4 is 0 Å². The minimum absolute atomic E-state index is 0.0368. The number of carbonyl (C=O) groups is 2. The third-order valence-electron chi connectivity index (χ3n) is 4.85. The lowest BCUT2D eigenvalue weighted by Gasteiger charge is -2.28. The van der Waals surface area contributed by atoms with E-state index in [0.717, 1.165) is 40.4 Å². The Morgan fingerprint density at radius 3 is 2.48 bits per heavy atom. The summed E-state index contributed by atoms with van der Waals surface area (Å²) in [7, 11) is 0. The molecule has 3 aromatic rings. The van der Waals surface area contributed by atoms with Crippen molar-refractivity contribution < 1.29 is 23.5 Å². The second kappa shape index (κ2) is 6.50. The summed E-state index contributed by atoms with van der Waals surface area (Å²) in [6.45, 7) is 0.457. The average molecular weight is 370 g/mol. The van der Waals surface area contributed by atoms with E-state index >= 15 is 0 Å². The van der Waals surface area contributed by atoms with Crippen LogP contribution in [0.15, 0.2) is 42.5 Å². The minimum Gasteiger partial charge on any atom is -0.480 e. The molecule has 0 atom stereocenters. The summed E-state index contributed by atoms with van der Waals surface area (Å²) in [4.78, 5) is 25.5. The Labute approximate surface area is 153 Å². The van der Waals surface area contributed by atoms with Gasteiger partial charge in [0.15, 0.2) is 0 Å². The molecule has 5 nitrogen and oxygen atoms in total. The standard InChI is InChI=1S/C20H16F2N2O3/c21-13-7-12(8-14(22)9-13)20(27)23-6-5-18-16(10-23)15-3-1-2-4-17(15)24(18)11-19(25)26/h1-4,7-9H,5-6,10-11H2,(H,25,26). The number of hydrogen-bond donors (Lipinski definition) is 1. The van der Waals surface area contributed by atoms with Gasteiger partial charge in [0.2, 0.25) is 0 Å². The van der Waals surface area contributed by atoms with E-state index in [1.54, 1.807) is 4.57 Å². The summed E-state index contributed by atoms with van der Waals surface area (Å²) in [5.41, 5.74) is 2.53. The van der Waals surface area contributed by atoms with Crippen LogP contribution in [0, 0.1) is 11.6 Å². The van der Waals surface area contributed by atoms with Crippen molar-refractivity contribution in [1.29, 1.82) is 0 Å². The molecule has 4 rings (SSSR count). The Kier molecular flexibility index (Phi) is 4.14. The maximum Gasteiger partial charge on any atom is 0.323 e. The Hall–Kier alpha value is -3.22. The van der Waals surface area contributed by atoms with Gasteiger partial charge in [-0.25, -0.2) is 8.78 Å². The first-order chi connectivity index (χ1) is 12.9. The van der Waals surface area contributed by atoms with E-state index in [0.29, 0.717) is 13.0 Å². The predicted molar refractivity (Wildman–Crippen MR) is 94.4 cm³/mol. The molecule has 1 aliphatic heterocycles. The number of benzene rings is 2. The topological polar surface area (TPSA) is 62.5 Å². The van der Waals surface area contributed by atoms with E-state index in [1.807, 2.05) is 24.3 Å². The number of aliphatic carboxylic acids is 1. The quantitative estimate of drug-likeness (QED) is 0.770. The van der Waals surface area contributed by atoms with Crippen LogP contribution in [-0.4, -0.2) is 33.0 Å². The van der Waals surface area contributed by atoms with E-state index in [1.165, 1.54) is 4.90 Å².